The van der Waals surface area contributed by atoms with Crippen molar-refractivity contribution in [2.75, 3.05) is 26.2 Å². The van der Waals surface area contributed by atoms with Crippen molar-refractivity contribution in [2.24, 2.45) is 5.92 Å². The van der Waals surface area contributed by atoms with Gasteiger partial charge in [-0.25, -0.2) is 9.59 Å². The lowest BCUT2D eigenvalue weighted by Gasteiger charge is -2.30. The Morgan fingerprint density at radius 3 is 2.26 bits per heavy atom. The number of carbonyl (C=O) groups excluding carboxylic acids is 2. The lowest BCUT2D eigenvalue weighted by atomic mass is 9.95. The monoisotopic (exact) mass is 328 g/mol. The summed E-state index contributed by atoms with van der Waals surface area (Å²) in [7, 11) is 0. The molecule has 2 rings (SSSR count). The van der Waals surface area contributed by atoms with Crippen LogP contribution in [0.4, 0.5) is 9.59 Å². The summed E-state index contributed by atoms with van der Waals surface area (Å²) in [6.45, 7) is 12.9. The lowest BCUT2D eigenvalue weighted by molar-refractivity contribution is -0.0649. The number of likely N-dealkylation sites (tertiary alicyclic amines) is 1. The molecule has 0 aliphatic carbocycles. The molecule has 23 heavy (non-hydrogen) atoms. The van der Waals surface area contributed by atoms with Gasteiger partial charge >= 0.3 is 12.2 Å². The molecular weight excluding hydrogens is 300 g/mol. The summed E-state index contributed by atoms with van der Waals surface area (Å²) in [5.41, 5.74) is -1.90. The van der Waals surface area contributed by atoms with Crippen LogP contribution in [0.5, 0.6) is 0 Å². The second kappa shape index (κ2) is 5.85. The molecule has 1 amide bonds. The Bertz CT molecular complexity index is 480. The van der Waals surface area contributed by atoms with E-state index in [0.29, 0.717) is 26.2 Å². The molecule has 0 aromatic rings. The number of nitrogens with one attached hydrogen (secondary N) is 1. The molecule has 0 saturated carbocycles. The molecule has 2 atom stereocenters. The normalized spacial score (nSPS) is 27.6. The van der Waals surface area contributed by atoms with Crippen molar-refractivity contribution in [1.29, 1.82) is 0 Å². The minimum atomic E-state index is -0.737. The summed E-state index contributed by atoms with van der Waals surface area (Å²) < 4.78 is 16.3. The number of amides is 1. The number of nitrogens with zero attached hydrogens (tertiary/aromatic N) is 1. The summed E-state index contributed by atoms with van der Waals surface area (Å²) >= 11 is 0. The van der Waals surface area contributed by atoms with Gasteiger partial charge in [-0.05, 0) is 41.5 Å². The molecule has 2 heterocycles. The van der Waals surface area contributed by atoms with Gasteiger partial charge in [-0.3, -0.25) is 0 Å². The van der Waals surface area contributed by atoms with Gasteiger partial charge in [0, 0.05) is 25.6 Å². The van der Waals surface area contributed by atoms with E-state index in [4.69, 9.17) is 14.2 Å². The van der Waals surface area contributed by atoms with Crippen molar-refractivity contribution < 1.29 is 23.8 Å². The molecule has 0 unspecified atom stereocenters. The van der Waals surface area contributed by atoms with Gasteiger partial charge in [0.1, 0.15) is 11.2 Å². The highest BCUT2D eigenvalue weighted by molar-refractivity contribution is 5.69. The zero-order valence-corrected chi connectivity index (χ0v) is 14.9. The maximum absolute atomic E-state index is 12.3. The zero-order valence-electron chi connectivity index (χ0n) is 14.9. The van der Waals surface area contributed by atoms with Crippen molar-refractivity contribution >= 4 is 12.2 Å². The Kier molecular flexibility index (Phi) is 4.54. The first-order valence-corrected chi connectivity index (χ1v) is 8.01. The van der Waals surface area contributed by atoms with Gasteiger partial charge in [0.2, 0.25) is 0 Å². The molecule has 7 heteroatoms. The van der Waals surface area contributed by atoms with E-state index in [0.717, 1.165) is 0 Å². The van der Waals surface area contributed by atoms with Gasteiger partial charge in [-0.2, -0.15) is 0 Å². The molecule has 0 radical (unpaired) electrons. The van der Waals surface area contributed by atoms with Crippen molar-refractivity contribution in [3.63, 3.8) is 0 Å². The Hall–Kier alpha value is -1.50. The highest BCUT2D eigenvalue weighted by Gasteiger charge is 2.55. The van der Waals surface area contributed by atoms with E-state index in [2.05, 4.69) is 5.32 Å². The third-order valence-electron chi connectivity index (χ3n) is 3.79. The SMILES string of the molecule is CC(C)(C)OC(=O)O[C@]12CNC[C@H]1CN(C(=O)OC(C)(C)C)C2. The maximum Gasteiger partial charge on any atom is 0.509 e. The number of hydrogen-bond acceptors (Lipinski definition) is 6. The van der Waals surface area contributed by atoms with E-state index in [-0.39, 0.29) is 12.0 Å². The first kappa shape index (κ1) is 17.8. The summed E-state index contributed by atoms with van der Waals surface area (Å²) in [5, 5.41) is 3.23. The minimum absolute atomic E-state index is 0.0440. The standard InChI is InChI=1S/C16H28N2O5/c1-14(2,3)21-12(19)18-8-11-7-17-9-16(11,10-18)23-13(20)22-15(4,5)6/h11,17H,7-10H2,1-6H3/t11-,16-/m0/s1. The van der Waals surface area contributed by atoms with Gasteiger partial charge in [-0.15, -0.1) is 0 Å². The smallest absolute Gasteiger partial charge is 0.444 e. The van der Waals surface area contributed by atoms with Crippen LogP contribution >= 0.6 is 0 Å². The van der Waals surface area contributed by atoms with Crippen molar-refractivity contribution in [2.45, 2.75) is 58.3 Å². The maximum atomic E-state index is 12.3. The van der Waals surface area contributed by atoms with E-state index in [1.165, 1.54) is 0 Å². The molecule has 2 saturated heterocycles. The van der Waals surface area contributed by atoms with E-state index < -0.39 is 23.0 Å². The number of fused-ring (bicyclic) bond motifs is 1. The van der Waals surface area contributed by atoms with E-state index in [1.807, 2.05) is 20.8 Å². The van der Waals surface area contributed by atoms with Crippen LogP contribution in [0.2, 0.25) is 0 Å². The number of rotatable bonds is 1. The number of hydrogen-bond donors (Lipinski definition) is 1. The molecule has 7 nitrogen and oxygen atoms in total. The first-order chi connectivity index (χ1) is 10.4. The Morgan fingerprint density at radius 2 is 1.70 bits per heavy atom. The second-order valence-electron chi connectivity index (χ2n) is 8.32. The molecule has 0 bridgehead atoms. The summed E-state index contributed by atoms with van der Waals surface area (Å²) in [5.74, 6) is 0.0440. The van der Waals surface area contributed by atoms with E-state index in [9.17, 15) is 9.59 Å². The van der Waals surface area contributed by atoms with Crippen LogP contribution < -0.4 is 5.32 Å². The third-order valence-corrected chi connectivity index (χ3v) is 3.79. The Balaban J connectivity index is 2.03. The highest BCUT2D eigenvalue weighted by Crippen LogP contribution is 2.35. The number of ether oxygens (including phenoxy) is 3. The molecule has 0 aromatic carbocycles. The fourth-order valence-electron chi connectivity index (χ4n) is 2.91. The largest absolute Gasteiger partial charge is 0.509 e. The molecule has 2 fully saturated rings. The van der Waals surface area contributed by atoms with E-state index in [1.54, 1.807) is 25.7 Å². The van der Waals surface area contributed by atoms with Crippen LogP contribution in [0.1, 0.15) is 41.5 Å². The van der Waals surface area contributed by atoms with Gasteiger partial charge in [0.15, 0.2) is 5.60 Å². The minimum Gasteiger partial charge on any atom is -0.444 e. The topological polar surface area (TPSA) is 77.1 Å². The van der Waals surface area contributed by atoms with E-state index >= 15 is 0 Å². The molecule has 0 spiro atoms. The molecule has 2 aliphatic rings. The van der Waals surface area contributed by atoms with Gasteiger partial charge in [-0.1, -0.05) is 0 Å². The van der Waals surface area contributed by atoms with Crippen molar-refractivity contribution in [1.82, 2.24) is 10.2 Å². The fourth-order valence-corrected chi connectivity index (χ4v) is 2.91. The fraction of sp³-hybridized carbons (Fsp3) is 0.875. The van der Waals surface area contributed by atoms with Crippen molar-refractivity contribution in [3.8, 4) is 0 Å². The molecule has 1 N–H and O–H groups in total. The quantitative estimate of drug-likeness (QED) is 0.743. The lowest BCUT2D eigenvalue weighted by Crippen LogP contribution is -2.46. The van der Waals surface area contributed by atoms with Crippen LogP contribution in [0.3, 0.4) is 0 Å². The summed E-state index contributed by atoms with van der Waals surface area (Å²) in [4.78, 5) is 25.9. The average molecular weight is 328 g/mol. The molecular formula is C16H28N2O5. The van der Waals surface area contributed by atoms with Crippen LogP contribution in [0.25, 0.3) is 0 Å². The number of carbonyl (C=O) groups is 2. The zero-order chi connectivity index (χ0) is 17.5. The van der Waals surface area contributed by atoms with Crippen molar-refractivity contribution in [3.05, 3.63) is 0 Å². The van der Waals surface area contributed by atoms with Crippen LogP contribution in [-0.2, 0) is 14.2 Å². The van der Waals surface area contributed by atoms with Crippen LogP contribution in [0.15, 0.2) is 0 Å². The van der Waals surface area contributed by atoms with Gasteiger partial charge in [0.05, 0.1) is 6.54 Å². The Labute approximate surface area is 137 Å². The highest BCUT2D eigenvalue weighted by atomic mass is 16.7. The Morgan fingerprint density at radius 1 is 1.09 bits per heavy atom. The summed E-state index contributed by atoms with van der Waals surface area (Å²) in [6, 6.07) is 0. The van der Waals surface area contributed by atoms with Crippen LogP contribution in [0, 0.1) is 5.92 Å². The molecule has 132 valence electrons. The molecule has 0 aromatic heterocycles. The molecule has 2 aliphatic heterocycles. The van der Waals surface area contributed by atoms with Crippen LogP contribution in [-0.4, -0.2) is 60.1 Å². The average Bonchev–Trinajstić information content (AvgIpc) is 2.79. The predicted octanol–water partition coefficient (Wildman–Crippen LogP) is 2.15. The third kappa shape index (κ3) is 4.50. The van der Waals surface area contributed by atoms with Gasteiger partial charge in [0.25, 0.3) is 0 Å². The summed E-state index contributed by atoms with van der Waals surface area (Å²) in [6.07, 6.45) is -1.07. The van der Waals surface area contributed by atoms with Gasteiger partial charge < -0.3 is 24.4 Å². The predicted molar refractivity (Wildman–Crippen MR) is 84.2 cm³/mol. The second-order valence-corrected chi connectivity index (χ2v) is 8.32. The first-order valence-electron chi connectivity index (χ1n) is 8.01.